The number of nitrogens with zero attached hydrogens (tertiary/aromatic N) is 2. The van der Waals surface area contributed by atoms with E-state index in [2.05, 4.69) is 0 Å². The van der Waals surface area contributed by atoms with Gasteiger partial charge in [-0.1, -0.05) is 68.8 Å². The number of rotatable bonds is 2. The highest BCUT2D eigenvalue weighted by Gasteiger charge is 2.64. The van der Waals surface area contributed by atoms with Gasteiger partial charge in [-0.15, -0.1) is 0 Å². The Morgan fingerprint density at radius 3 is 2.23 bits per heavy atom. The minimum absolute atomic E-state index is 0.0120. The van der Waals surface area contributed by atoms with Crippen LogP contribution in [0.3, 0.4) is 0 Å². The summed E-state index contributed by atoms with van der Waals surface area (Å²) >= 11 is 0. The molecule has 158 valence electrons. The molecule has 3 heterocycles. The minimum atomic E-state index is -0.693. The quantitative estimate of drug-likeness (QED) is 0.697. The minimum Gasteiger partial charge on any atom is -0.353 e. The van der Waals surface area contributed by atoms with Crippen LogP contribution in [-0.2, 0) is 14.4 Å². The molecular formula is C26H26N2O3. The number of carbonyl (C=O) groups is 3. The standard InChI is InChI=1S/C26H26N2O3/c1-15-9-12-17(13-10-15)27-24(30)20-19-14-11-16-7-5-6-8-18(16)28(19)22(21(20)25(27)31)23(29)26(2,3)4/h5-14,19-22H,1-4H3/t19-,20-,21+,22-/m0/s1. The number of benzene rings is 2. The lowest BCUT2D eigenvalue weighted by Crippen LogP contribution is -2.51. The molecule has 0 bridgehead atoms. The summed E-state index contributed by atoms with van der Waals surface area (Å²) in [5, 5.41) is 0. The van der Waals surface area contributed by atoms with Crippen molar-refractivity contribution in [2.45, 2.75) is 39.8 Å². The van der Waals surface area contributed by atoms with Crippen LogP contribution in [0.15, 0.2) is 54.6 Å². The summed E-state index contributed by atoms with van der Waals surface area (Å²) in [4.78, 5) is 44.3. The van der Waals surface area contributed by atoms with Gasteiger partial charge in [0.2, 0.25) is 11.8 Å². The van der Waals surface area contributed by atoms with Crippen LogP contribution < -0.4 is 9.80 Å². The molecule has 0 aromatic heterocycles. The number of amides is 2. The van der Waals surface area contributed by atoms with E-state index in [0.29, 0.717) is 5.69 Å². The van der Waals surface area contributed by atoms with E-state index >= 15 is 0 Å². The van der Waals surface area contributed by atoms with Crippen molar-refractivity contribution in [2.24, 2.45) is 17.3 Å². The van der Waals surface area contributed by atoms with Gasteiger partial charge in [0.05, 0.1) is 23.6 Å². The van der Waals surface area contributed by atoms with Crippen LogP contribution in [0.2, 0.25) is 0 Å². The number of aryl methyl sites for hydroxylation is 1. The van der Waals surface area contributed by atoms with Gasteiger partial charge in [0, 0.05) is 11.1 Å². The molecule has 0 unspecified atom stereocenters. The van der Waals surface area contributed by atoms with Crippen molar-refractivity contribution < 1.29 is 14.4 Å². The summed E-state index contributed by atoms with van der Waals surface area (Å²) in [6.07, 6.45) is 3.99. The Morgan fingerprint density at radius 2 is 1.55 bits per heavy atom. The van der Waals surface area contributed by atoms with Gasteiger partial charge in [-0.3, -0.25) is 14.4 Å². The summed E-state index contributed by atoms with van der Waals surface area (Å²) in [5.41, 5.74) is 2.90. The van der Waals surface area contributed by atoms with Gasteiger partial charge < -0.3 is 4.90 Å². The summed E-state index contributed by atoms with van der Waals surface area (Å²) in [6, 6.07) is 14.3. The topological polar surface area (TPSA) is 57.7 Å². The Kier molecular flexibility index (Phi) is 4.23. The van der Waals surface area contributed by atoms with E-state index in [4.69, 9.17) is 0 Å². The fraction of sp³-hybridized carbons (Fsp3) is 0.346. The smallest absolute Gasteiger partial charge is 0.240 e. The number of anilines is 2. The zero-order chi connectivity index (χ0) is 22.1. The third-order valence-corrected chi connectivity index (χ3v) is 6.71. The maximum atomic E-state index is 13.7. The summed E-state index contributed by atoms with van der Waals surface area (Å²) in [7, 11) is 0. The van der Waals surface area contributed by atoms with Gasteiger partial charge in [0.25, 0.3) is 0 Å². The first kappa shape index (κ1) is 19.7. The average Bonchev–Trinajstić information content (AvgIpc) is 3.21. The maximum Gasteiger partial charge on any atom is 0.240 e. The Hall–Kier alpha value is -3.21. The third kappa shape index (κ3) is 2.79. The number of hydrogen-bond donors (Lipinski definition) is 0. The maximum absolute atomic E-state index is 13.7. The van der Waals surface area contributed by atoms with E-state index in [1.807, 2.05) is 81.1 Å². The Labute approximate surface area is 182 Å². The van der Waals surface area contributed by atoms with Crippen molar-refractivity contribution in [2.75, 3.05) is 9.80 Å². The van der Waals surface area contributed by atoms with E-state index < -0.39 is 23.3 Å². The SMILES string of the molecule is Cc1ccc(N2C(=O)[C@@H]3[C@@H](C2=O)[C@@H]2C=Cc4ccccc4N2[C@@H]3C(=O)C(C)(C)C)cc1. The molecule has 0 saturated carbocycles. The molecule has 0 radical (unpaired) electrons. The van der Waals surface area contributed by atoms with Gasteiger partial charge in [-0.05, 0) is 30.7 Å². The molecule has 0 N–H and O–H groups in total. The van der Waals surface area contributed by atoms with Gasteiger partial charge in [-0.2, -0.15) is 0 Å². The van der Waals surface area contributed by atoms with Crippen molar-refractivity contribution in [3.8, 4) is 0 Å². The molecule has 0 spiro atoms. The average molecular weight is 415 g/mol. The molecule has 5 nitrogen and oxygen atoms in total. The lowest BCUT2D eigenvalue weighted by molar-refractivity contribution is -0.132. The van der Waals surface area contributed by atoms with E-state index in [1.54, 1.807) is 12.1 Å². The predicted octanol–water partition coefficient (Wildman–Crippen LogP) is 4.00. The number of carbonyl (C=O) groups excluding carboxylic acids is 3. The summed E-state index contributed by atoms with van der Waals surface area (Å²) < 4.78 is 0. The molecule has 2 fully saturated rings. The molecule has 2 aromatic rings. The second-order valence-electron chi connectivity index (χ2n) is 9.77. The molecule has 2 saturated heterocycles. The van der Waals surface area contributed by atoms with Crippen molar-refractivity contribution in [1.29, 1.82) is 0 Å². The van der Waals surface area contributed by atoms with Crippen molar-refractivity contribution in [3.05, 3.63) is 65.7 Å². The summed E-state index contributed by atoms with van der Waals surface area (Å²) in [5.74, 6) is -1.78. The number of Topliss-reactive ketones (excluding diaryl/α,β-unsaturated/α-hetero) is 1. The van der Waals surface area contributed by atoms with Crippen molar-refractivity contribution in [1.82, 2.24) is 0 Å². The number of ketones is 1. The molecule has 0 aliphatic carbocycles. The van der Waals surface area contributed by atoms with Crippen molar-refractivity contribution in [3.63, 3.8) is 0 Å². The fourth-order valence-corrected chi connectivity index (χ4v) is 5.21. The largest absolute Gasteiger partial charge is 0.353 e. The van der Waals surface area contributed by atoms with Crippen molar-refractivity contribution >= 4 is 35.0 Å². The highest BCUT2D eigenvalue weighted by Crippen LogP contribution is 2.50. The Bertz CT molecular complexity index is 1130. The first-order chi connectivity index (χ1) is 14.7. The highest BCUT2D eigenvalue weighted by molar-refractivity contribution is 6.25. The normalized spacial score (nSPS) is 26.7. The number of hydrogen-bond acceptors (Lipinski definition) is 4. The predicted molar refractivity (Wildman–Crippen MR) is 121 cm³/mol. The molecule has 2 aromatic carbocycles. The third-order valence-electron chi connectivity index (χ3n) is 6.71. The van der Waals surface area contributed by atoms with E-state index in [1.165, 1.54) is 4.90 Å². The van der Waals surface area contributed by atoms with E-state index in [-0.39, 0.29) is 23.6 Å². The zero-order valence-electron chi connectivity index (χ0n) is 18.2. The molecule has 5 rings (SSSR count). The number of imide groups is 1. The lowest BCUT2D eigenvalue weighted by atomic mass is 9.79. The fourth-order valence-electron chi connectivity index (χ4n) is 5.21. The summed E-state index contributed by atoms with van der Waals surface area (Å²) in [6.45, 7) is 7.60. The van der Waals surface area contributed by atoms with Gasteiger partial charge >= 0.3 is 0 Å². The molecule has 2 amide bonds. The molecular weight excluding hydrogens is 388 g/mol. The second kappa shape index (κ2) is 6.64. The molecule has 31 heavy (non-hydrogen) atoms. The Morgan fingerprint density at radius 1 is 0.903 bits per heavy atom. The van der Waals surface area contributed by atoms with Crippen LogP contribution in [0.25, 0.3) is 6.08 Å². The molecule has 4 atom stereocenters. The zero-order valence-corrected chi connectivity index (χ0v) is 18.2. The van der Waals surface area contributed by atoms with Crippen LogP contribution in [0, 0.1) is 24.2 Å². The number of fused-ring (bicyclic) bond motifs is 5. The molecule has 5 heteroatoms. The van der Waals surface area contributed by atoms with Gasteiger partial charge in [0.1, 0.15) is 6.04 Å². The van der Waals surface area contributed by atoms with Crippen LogP contribution in [0.1, 0.15) is 31.9 Å². The second-order valence-corrected chi connectivity index (χ2v) is 9.77. The van der Waals surface area contributed by atoms with Gasteiger partial charge in [-0.25, -0.2) is 4.90 Å². The first-order valence-electron chi connectivity index (χ1n) is 10.7. The first-order valence-corrected chi connectivity index (χ1v) is 10.7. The van der Waals surface area contributed by atoms with E-state index in [9.17, 15) is 14.4 Å². The van der Waals surface area contributed by atoms with Crippen LogP contribution in [0.4, 0.5) is 11.4 Å². The van der Waals surface area contributed by atoms with Crippen LogP contribution in [-0.4, -0.2) is 29.7 Å². The lowest BCUT2D eigenvalue weighted by Gasteiger charge is -2.38. The van der Waals surface area contributed by atoms with E-state index in [0.717, 1.165) is 16.8 Å². The van der Waals surface area contributed by atoms with Crippen LogP contribution >= 0.6 is 0 Å². The monoisotopic (exact) mass is 414 g/mol. The molecule has 3 aliphatic heterocycles. The number of para-hydroxylation sites is 1. The molecule has 3 aliphatic rings. The highest BCUT2D eigenvalue weighted by atomic mass is 16.2. The van der Waals surface area contributed by atoms with Crippen LogP contribution in [0.5, 0.6) is 0 Å². The van der Waals surface area contributed by atoms with Gasteiger partial charge in [0.15, 0.2) is 5.78 Å². The Balaban J connectivity index is 1.65.